The van der Waals surface area contributed by atoms with E-state index in [-0.39, 0.29) is 0 Å². The van der Waals surface area contributed by atoms with Gasteiger partial charge in [-0.15, -0.1) is 0 Å². The van der Waals surface area contributed by atoms with Gasteiger partial charge in [-0.3, -0.25) is 0 Å². The van der Waals surface area contributed by atoms with Crippen molar-refractivity contribution in [3.8, 4) is 0 Å². The lowest BCUT2D eigenvalue weighted by Crippen LogP contribution is -2.10. The molecule has 0 N–H and O–H groups in total. The topological polar surface area (TPSA) is 51.0 Å². The van der Waals surface area contributed by atoms with Crippen LogP contribution < -0.4 is 5.32 Å². The molecule has 0 aromatic heterocycles. The summed E-state index contributed by atoms with van der Waals surface area (Å²) < 4.78 is 21.8. The Morgan fingerprint density at radius 2 is 0.760 bits per heavy atom. The maximum atomic E-state index is 5.61. The summed E-state index contributed by atoms with van der Waals surface area (Å²) >= 11 is 0. The Kier molecular flexibility index (Phi) is 23.6. The zero-order valence-corrected chi connectivity index (χ0v) is 16.8. The van der Waals surface area contributed by atoms with Crippen molar-refractivity contribution in [2.45, 2.75) is 65.2 Å². The van der Waals surface area contributed by atoms with Gasteiger partial charge >= 0.3 is 0 Å². The lowest BCUT2D eigenvalue weighted by atomic mass is 10.3. The average Bonchev–Trinajstić information content (AvgIpc) is 2.63. The fourth-order valence-electron chi connectivity index (χ4n) is 2.28. The summed E-state index contributed by atoms with van der Waals surface area (Å²) in [5, 5.41) is 4.56. The Morgan fingerprint density at radius 1 is 0.440 bits per heavy atom. The van der Waals surface area contributed by atoms with Crippen molar-refractivity contribution in [2.75, 3.05) is 65.9 Å². The van der Waals surface area contributed by atoms with E-state index in [1.807, 2.05) is 13.8 Å². The second kappa shape index (κ2) is 23.8. The van der Waals surface area contributed by atoms with Gasteiger partial charge in [0, 0.05) is 65.9 Å². The van der Waals surface area contributed by atoms with E-state index in [1.165, 1.54) is 0 Å². The lowest BCUT2D eigenvalue weighted by molar-refractivity contribution is 0.105. The van der Waals surface area contributed by atoms with Gasteiger partial charge in [0.15, 0.2) is 0 Å². The summed E-state index contributed by atoms with van der Waals surface area (Å²) in [5.41, 5.74) is 0. The Bertz CT molecular complexity index is 208. The molecule has 0 bridgehead atoms. The highest BCUT2D eigenvalue weighted by Crippen LogP contribution is 1.96. The molecule has 0 rings (SSSR count). The fourth-order valence-corrected chi connectivity index (χ4v) is 2.28. The molecule has 0 unspecified atom stereocenters. The predicted octanol–water partition coefficient (Wildman–Crippen LogP) is 3.82. The van der Waals surface area contributed by atoms with E-state index in [1.54, 1.807) is 0 Å². The van der Waals surface area contributed by atoms with Crippen molar-refractivity contribution >= 4 is 0 Å². The summed E-state index contributed by atoms with van der Waals surface area (Å²) in [6.45, 7) is 12.8. The van der Waals surface area contributed by atoms with Gasteiger partial charge in [0.2, 0.25) is 0 Å². The number of hydrogen-bond acceptors (Lipinski definition) is 4. The maximum Gasteiger partial charge on any atom is 0.0466 e. The van der Waals surface area contributed by atoms with E-state index < -0.39 is 0 Å². The molecule has 0 atom stereocenters. The second-order valence-corrected chi connectivity index (χ2v) is 6.12. The van der Waals surface area contributed by atoms with Crippen molar-refractivity contribution in [2.24, 2.45) is 0 Å². The van der Waals surface area contributed by atoms with E-state index >= 15 is 0 Å². The van der Waals surface area contributed by atoms with E-state index in [0.29, 0.717) is 0 Å². The van der Waals surface area contributed by atoms with Crippen molar-refractivity contribution < 1.29 is 18.9 Å². The number of hydrogen-bond donors (Lipinski definition) is 0. The highest BCUT2D eigenvalue weighted by Gasteiger charge is 1.95. The Labute approximate surface area is 156 Å². The van der Waals surface area contributed by atoms with E-state index in [2.05, 4.69) is 5.32 Å². The normalized spacial score (nSPS) is 11.3. The molecule has 0 spiro atoms. The van der Waals surface area contributed by atoms with Crippen LogP contribution in [0.1, 0.15) is 65.2 Å². The zero-order chi connectivity index (χ0) is 18.3. The first-order chi connectivity index (χ1) is 12.4. The number of nitrogens with zero attached hydrogens (tertiary/aromatic N) is 1. The lowest BCUT2D eigenvalue weighted by Gasteiger charge is -2.06. The van der Waals surface area contributed by atoms with Gasteiger partial charge in [-0.05, 0) is 65.2 Å². The van der Waals surface area contributed by atoms with Gasteiger partial charge in [-0.1, -0.05) is 0 Å². The number of rotatable bonds is 22. The molecule has 0 aromatic carbocycles. The van der Waals surface area contributed by atoms with Crippen LogP contribution in [0.25, 0.3) is 0 Å². The molecule has 0 saturated heterocycles. The van der Waals surface area contributed by atoms with Gasteiger partial charge in [0.25, 0.3) is 0 Å². The molecule has 5 heteroatoms. The smallest absolute Gasteiger partial charge is 0.0466 e. The van der Waals surface area contributed by atoms with Crippen molar-refractivity contribution in [1.82, 2.24) is 5.32 Å². The van der Waals surface area contributed by atoms with Crippen LogP contribution in [0.5, 0.6) is 0 Å². The Balaban J connectivity index is 2.94. The molecule has 0 aliphatic rings. The molecule has 0 saturated carbocycles. The van der Waals surface area contributed by atoms with E-state index in [4.69, 9.17) is 18.9 Å². The van der Waals surface area contributed by atoms with Gasteiger partial charge in [0.1, 0.15) is 0 Å². The molecule has 151 valence electrons. The van der Waals surface area contributed by atoms with Crippen LogP contribution in [-0.2, 0) is 18.9 Å². The number of unbranched alkanes of at least 4 members (excludes halogenated alkanes) is 4. The van der Waals surface area contributed by atoms with E-state index in [9.17, 15) is 0 Å². The standard InChI is InChI=1S/C20H42NO4/c1-3-22-15-9-11-19-24-17-7-5-13-21-14-6-8-18-25-20-12-10-16-23-4-2/h3-20H2,1-2H3. The van der Waals surface area contributed by atoms with Crippen LogP contribution in [-0.4, -0.2) is 65.9 Å². The minimum atomic E-state index is 0.812. The third-order valence-electron chi connectivity index (χ3n) is 3.77. The number of ether oxygens (including phenoxy) is 4. The molecule has 0 heterocycles. The van der Waals surface area contributed by atoms with Crippen molar-refractivity contribution in [3.05, 3.63) is 0 Å². The average molecular weight is 361 g/mol. The molecule has 0 aromatic rings. The summed E-state index contributed by atoms with van der Waals surface area (Å²) in [7, 11) is 0. The quantitative estimate of drug-likeness (QED) is 0.275. The van der Waals surface area contributed by atoms with Gasteiger partial charge < -0.3 is 18.9 Å². The molecule has 1 radical (unpaired) electrons. The van der Waals surface area contributed by atoms with Gasteiger partial charge in [-0.2, -0.15) is 0 Å². The van der Waals surface area contributed by atoms with Crippen molar-refractivity contribution in [1.29, 1.82) is 0 Å². The molecule has 0 aliphatic carbocycles. The summed E-state index contributed by atoms with van der Waals surface area (Å²) in [4.78, 5) is 0. The predicted molar refractivity (Wildman–Crippen MR) is 103 cm³/mol. The first-order valence-electron chi connectivity index (χ1n) is 10.4. The van der Waals surface area contributed by atoms with Crippen LogP contribution in [0.4, 0.5) is 0 Å². The molecule has 0 amide bonds. The monoisotopic (exact) mass is 360 g/mol. The van der Waals surface area contributed by atoms with Crippen LogP contribution in [0.15, 0.2) is 0 Å². The van der Waals surface area contributed by atoms with Crippen LogP contribution in [0.3, 0.4) is 0 Å². The summed E-state index contributed by atoms with van der Waals surface area (Å²) in [6, 6.07) is 0. The third kappa shape index (κ3) is 23.8. The van der Waals surface area contributed by atoms with Crippen LogP contribution in [0, 0.1) is 0 Å². The summed E-state index contributed by atoms with van der Waals surface area (Å²) in [6.07, 6.45) is 8.88. The Hall–Kier alpha value is -0.200. The maximum absolute atomic E-state index is 5.61. The van der Waals surface area contributed by atoms with Gasteiger partial charge in [-0.25, -0.2) is 5.32 Å². The highest BCUT2D eigenvalue weighted by molar-refractivity contribution is 4.49. The van der Waals surface area contributed by atoms with Crippen LogP contribution in [0.2, 0.25) is 0 Å². The molecular formula is C20H42NO4. The van der Waals surface area contributed by atoms with Gasteiger partial charge in [0.05, 0.1) is 0 Å². The second-order valence-electron chi connectivity index (χ2n) is 6.12. The molecule has 5 nitrogen and oxygen atoms in total. The Morgan fingerprint density at radius 3 is 1.12 bits per heavy atom. The molecule has 25 heavy (non-hydrogen) atoms. The zero-order valence-electron chi connectivity index (χ0n) is 16.8. The fraction of sp³-hybridized carbons (Fsp3) is 1.00. The largest absolute Gasteiger partial charge is 0.382 e. The molecule has 0 aliphatic heterocycles. The SMILES string of the molecule is CCOCCCCOCCCC[N]CCCCOCCCCOCC. The molecular weight excluding hydrogens is 318 g/mol. The molecule has 0 fully saturated rings. The summed E-state index contributed by atoms with van der Waals surface area (Å²) in [5.74, 6) is 0. The third-order valence-corrected chi connectivity index (χ3v) is 3.77. The van der Waals surface area contributed by atoms with Crippen LogP contribution >= 0.6 is 0 Å². The first kappa shape index (κ1) is 24.8. The minimum absolute atomic E-state index is 0.812. The first-order valence-corrected chi connectivity index (χ1v) is 10.4. The minimum Gasteiger partial charge on any atom is -0.382 e. The van der Waals surface area contributed by atoms with E-state index in [0.717, 1.165) is 117 Å². The van der Waals surface area contributed by atoms with Crippen molar-refractivity contribution in [3.63, 3.8) is 0 Å². The highest BCUT2D eigenvalue weighted by atomic mass is 16.5.